The van der Waals surface area contributed by atoms with Gasteiger partial charge in [0.2, 0.25) is 0 Å². The summed E-state index contributed by atoms with van der Waals surface area (Å²) in [5.41, 5.74) is 0.598. The standard InChI is InChI=1S/C14H19N3O2.2ClH/c18-14(11-3-1-5-15-8-11)17-12-9-16-7-10-4-2-6-19-13(10)12;;/h1,3,5,8,10,12-13,16H,2,4,6-7,9H2,(H,17,18);2*1H/t10-,12+,13-;;/m0../s1. The van der Waals surface area contributed by atoms with E-state index in [4.69, 9.17) is 4.74 Å². The molecule has 1 aromatic heterocycles. The van der Waals surface area contributed by atoms with Crippen molar-refractivity contribution in [3.63, 3.8) is 0 Å². The van der Waals surface area contributed by atoms with Gasteiger partial charge in [0.05, 0.1) is 17.7 Å². The number of nitrogens with one attached hydrogen (secondary N) is 2. The third-order valence-electron chi connectivity index (χ3n) is 3.90. The second-order valence-electron chi connectivity index (χ2n) is 5.22. The van der Waals surface area contributed by atoms with Crippen LogP contribution in [-0.4, -0.2) is 42.7 Å². The summed E-state index contributed by atoms with van der Waals surface area (Å²) in [6, 6.07) is 3.60. The Morgan fingerprint density at radius 2 is 2.24 bits per heavy atom. The molecule has 2 fully saturated rings. The summed E-state index contributed by atoms with van der Waals surface area (Å²) in [4.78, 5) is 16.1. The Labute approximate surface area is 137 Å². The molecule has 0 bridgehead atoms. The minimum Gasteiger partial charge on any atom is -0.376 e. The van der Waals surface area contributed by atoms with E-state index >= 15 is 0 Å². The Balaban J connectivity index is 0.00000110. The van der Waals surface area contributed by atoms with Gasteiger partial charge in [-0.3, -0.25) is 9.78 Å². The summed E-state index contributed by atoms with van der Waals surface area (Å²) in [6.07, 6.45) is 5.70. The molecule has 3 heterocycles. The molecule has 0 saturated carbocycles. The summed E-state index contributed by atoms with van der Waals surface area (Å²) in [5.74, 6) is 0.441. The van der Waals surface area contributed by atoms with Crippen LogP contribution in [0.15, 0.2) is 24.5 Å². The molecular formula is C14H21Cl2N3O2. The molecule has 0 aromatic carbocycles. The van der Waals surface area contributed by atoms with Crippen LogP contribution >= 0.6 is 24.8 Å². The highest BCUT2D eigenvalue weighted by Crippen LogP contribution is 2.25. The normalized spacial score (nSPS) is 27.5. The summed E-state index contributed by atoms with van der Waals surface area (Å²) in [7, 11) is 0. The van der Waals surface area contributed by atoms with Crippen molar-refractivity contribution in [2.24, 2.45) is 5.92 Å². The van der Waals surface area contributed by atoms with Crippen LogP contribution < -0.4 is 10.6 Å². The number of carbonyl (C=O) groups is 1. The molecule has 7 heteroatoms. The van der Waals surface area contributed by atoms with Gasteiger partial charge < -0.3 is 15.4 Å². The van der Waals surface area contributed by atoms with Crippen LogP contribution in [0.25, 0.3) is 0 Å². The maximum Gasteiger partial charge on any atom is 0.253 e. The Bertz CT molecular complexity index is 445. The van der Waals surface area contributed by atoms with Gasteiger partial charge in [-0.05, 0) is 30.9 Å². The molecule has 0 radical (unpaired) electrons. The third-order valence-corrected chi connectivity index (χ3v) is 3.90. The minimum absolute atomic E-state index is 0. The second kappa shape index (κ2) is 8.54. The van der Waals surface area contributed by atoms with Crippen LogP contribution in [0.4, 0.5) is 0 Å². The number of nitrogens with zero attached hydrogens (tertiary/aromatic N) is 1. The number of halogens is 2. The molecule has 21 heavy (non-hydrogen) atoms. The average molecular weight is 334 g/mol. The minimum atomic E-state index is -0.0743. The Kier molecular flexibility index (Phi) is 7.39. The smallest absolute Gasteiger partial charge is 0.253 e. The fourth-order valence-corrected chi connectivity index (χ4v) is 2.95. The quantitative estimate of drug-likeness (QED) is 0.859. The fraction of sp³-hybridized carbons (Fsp3) is 0.571. The van der Waals surface area contributed by atoms with Gasteiger partial charge in [-0.25, -0.2) is 0 Å². The zero-order valence-electron chi connectivity index (χ0n) is 11.7. The fourth-order valence-electron chi connectivity index (χ4n) is 2.95. The van der Waals surface area contributed by atoms with Gasteiger partial charge in [-0.2, -0.15) is 0 Å². The predicted molar refractivity (Wildman–Crippen MR) is 85.3 cm³/mol. The lowest BCUT2D eigenvalue weighted by atomic mass is 9.86. The molecule has 0 spiro atoms. The first-order chi connectivity index (χ1) is 9.34. The summed E-state index contributed by atoms with van der Waals surface area (Å²) >= 11 is 0. The summed E-state index contributed by atoms with van der Waals surface area (Å²) in [5, 5.41) is 6.45. The van der Waals surface area contributed by atoms with Gasteiger partial charge in [0, 0.05) is 32.1 Å². The third kappa shape index (κ3) is 4.30. The predicted octanol–water partition coefficient (Wildman–Crippen LogP) is 1.42. The lowest BCUT2D eigenvalue weighted by Crippen LogP contribution is -2.60. The summed E-state index contributed by atoms with van der Waals surface area (Å²) in [6.45, 7) is 2.57. The van der Waals surface area contributed by atoms with Gasteiger partial charge in [-0.15, -0.1) is 24.8 Å². The van der Waals surface area contributed by atoms with E-state index in [2.05, 4.69) is 15.6 Å². The van der Waals surface area contributed by atoms with Crippen LogP contribution in [0.5, 0.6) is 0 Å². The summed E-state index contributed by atoms with van der Waals surface area (Å²) < 4.78 is 5.86. The molecule has 118 valence electrons. The van der Waals surface area contributed by atoms with Crippen LogP contribution in [0.3, 0.4) is 0 Å². The lowest BCUT2D eigenvalue weighted by molar-refractivity contribution is -0.0573. The number of fused-ring (bicyclic) bond motifs is 1. The first-order valence-electron chi connectivity index (χ1n) is 6.88. The van der Waals surface area contributed by atoms with Gasteiger partial charge in [0.1, 0.15) is 0 Å². The SMILES string of the molecule is Cl.Cl.O=C(N[C@@H]1CNC[C@@H]2CCCO[C@@H]21)c1cccnc1. The van der Waals surface area contributed by atoms with E-state index in [1.165, 1.54) is 6.42 Å². The molecule has 1 aromatic rings. The van der Waals surface area contributed by atoms with E-state index in [0.717, 1.165) is 26.1 Å². The monoisotopic (exact) mass is 333 g/mol. The molecule has 0 aliphatic carbocycles. The van der Waals surface area contributed by atoms with Crippen LogP contribution in [0.1, 0.15) is 23.2 Å². The Morgan fingerprint density at radius 3 is 3.00 bits per heavy atom. The van der Waals surface area contributed by atoms with E-state index in [-0.39, 0.29) is 42.9 Å². The highest BCUT2D eigenvalue weighted by atomic mass is 35.5. The maximum atomic E-state index is 12.2. The lowest BCUT2D eigenvalue weighted by Gasteiger charge is -2.41. The van der Waals surface area contributed by atoms with Crippen LogP contribution in [0.2, 0.25) is 0 Å². The molecule has 1 amide bonds. The molecule has 2 N–H and O–H groups in total. The van der Waals surface area contributed by atoms with Gasteiger partial charge in [0.15, 0.2) is 0 Å². The van der Waals surface area contributed by atoms with E-state index in [0.29, 0.717) is 11.5 Å². The molecule has 3 rings (SSSR count). The first kappa shape index (κ1) is 18.2. The number of carbonyl (C=O) groups excluding carboxylic acids is 1. The van der Waals surface area contributed by atoms with Crippen molar-refractivity contribution in [3.8, 4) is 0 Å². The zero-order valence-corrected chi connectivity index (χ0v) is 13.3. The molecular weight excluding hydrogens is 313 g/mol. The highest BCUT2D eigenvalue weighted by molar-refractivity contribution is 5.94. The number of aromatic nitrogens is 1. The first-order valence-corrected chi connectivity index (χ1v) is 6.88. The maximum absolute atomic E-state index is 12.2. The van der Waals surface area contributed by atoms with Crippen molar-refractivity contribution < 1.29 is 9.53 Å². The van der Waals surface area contributed by atoms with E-state index < -0.39 is 0 Å². The van der Waals surface area contributed by atoms with Crippen LogP contribution in [0, 0.1) is 5.92 Å². The largest absolute Gasteiger partial charge is 0.376 e. The Morgan fingerprint density at radius 1 is 1.38 bits per heavy atom. The van der Waals surface area contributed by atoms with E-state index in [1.54, 1.807) is 24.5 Å². The molecule has 5 nitrogen and oxygen atoms in total. The van der Waals surface area contributed by atoms with Crippen molar-refractivity contribution in [1.29, 1.82) is 0 Å². The number of pyridine rings is 1. The van der Waals surface area contributed by atoms with Crippen molar-refractivity contribution in [2.45, 2.75) is 25.0 Å². The number of piperidine rings is 1. The molecule has 0 unspecified atom stereocenters. The van der Waals surface area contributed by atoms with Gasteiger partial charge in [0.25, 0.3) is 5.91 Å². The van der Waals surface area contributed by atoms with E-state index in [9.17, 15) is 4.79 Å². The van der Waals surface area contributed by atoms with Crippen LogP contribution in [-0.2, 0) is 4.74 Å². The number of ether oxygens (including phenoxy) is 1. The molecule has 3 atom stereocenters. The zero-order chi connectivity index (χ0) is 13.1. The van der Waals surface area contributed by atoms with E-state index in [1.807, 2.05) is 0 Å². The van der Waals surface area contributed by atoms with Gasteiger partial charge in [-0.1, -0.05) is 0 Å². The molecule has 2 aliphatic heterocycles. The van der Waals surface area contributed by atoms with Crippen molar-refractivity contribution in [2.75, 3.05) is 19.7 Å². The molecule has 2 aliphatic rings. The number of hydrogen-bond acceptors (Lipinski definition) is 4. The number of rotatable bonds is 2. The van der Waals surface area contributed by atoms with Crippen molar-refractivity contribution in [1.82, 2.24) is 15.6 Å². The average Bonchev–Trinajstić information content (AvgIpc) is 2.48. The molecule has 2 saturated heterocycles. The van der Waals surface area contributed by atoms with Gasteiger partial charge >= 0.3 is 0 Å². The van der Waals surface area contributed by atoms with Crippen molar-refractivity contribution >= 4 is 30.7 Å². The highest BCUT2D eigenvalue weighted by Gasteiger charge is 2.36. The Hall–Kier alpha value is -0.880. The number of hydrogen-bond donors (Lipinski definition) is 2. The number of amides is 1. The second-order valence-corrected chi connectivity index (χ2v) is 5.22. The van der Waals surface area contributed by atoms with Crippen molar-refractivity contribution in [3.05, 3.63) is 30.1 Å². The topological polar surface area (TPSA) is 63.2 Å².